The highest BCUT2D eigenvalue weighted by molar-refractivity contribution is 7.71. The Kier molecular flexibility index (Phi) is 6.70. The first-order valence-electron chi connectivity index (χ1n) is 10.7. The van der Waals surface area contributed by atoms with Crippen LogP contribution in [0.2, 0.25) is 0 Å². The Bertz CT molecular complexity index is 1350. The van der Waals surface area contributed by atoms with Gasteiger partial charge in [0, 0.05) is 30.4 Å². The minimum absolute atomic E-state index is 0.0263. The van der Waals surface area contributed by atoms with Crippen LogP contribution in [-0.2, 0) is 17.8 Å². The number of hydrogen-bond donors (Lipinski definition) is 3. The number of hydrogen-bond acceptors (Lipinski definition) is 4. The summed E-state index contributed by atoms with van der Waals surface area (Å²) in [7, 11) is 1.61. The maximum absolute atomic E-state index is 13.0. The monoisotopic (exact) mass is 450 g/mol. The Hall–Kier alpha value is -3.39. The SMILES string of the molecule is COc1ccc2[nH]c3c(=O)n(CCCCC(=O)NCCc4ccccc4)c(=S)[nH]c3c2c1. The molecule has 0 bridgehead atoms. The van der Waals surface area contributed by atoms with Gasteiger partial charge in [-0.25, -0.2) is 0 Å². The van der Waals surface area contributed by atoms with Crippen molar-refractivity contribution in [2.24, 2.45) is 0 Å². The van der Waals surface area contributed by atoms with Gasteiger partial charge in [0.25, 0.3) is 5.56 Å². The summed E-state index contributed by atoms with van der Waals surface area (Å²) in [5.74, 6) is 0.738. The van der Waals surface area contributed by atoms with Crippen LogP contribution in [0.5, 0.6) is 5.75 Å². The fourth-order valence-electron chi connectivity index (χ4n) is 3.83. The van der Waals surface area contributed by atoms with Gasteiger partial charge in [-0.1, -0.05) is 30.3 Å². The average Bonchev–Trinajstić information content (AvgIpc) is 3.17. The summed E-state index contributed by atoms with van der Waals surface area (Å²) in [6, 6.07) is 15.7. The molecule has 2 aromatic carbocycles. The van der Waals surface area contributed by atoms with Gasteiger partial charge < -0.3 is 20.0 Å². The van der Waals surface area contributed by atoms with Gasteiger partial charge in [-0.3, -0.25) is 14.2 Å². The van der Waals surface area contributed by atoms with Gasteiger partial charge >= 0.3 is 0 Å². The number of H-pyrrole nitrogens is 2. The van der Waals surface area contributed by atoms with Crippen LogP contribution in [0.25, 0.3) is 21.9 Å². The van der Waals surface area contributed by atoms with E-state index in [1.165, 1.54) is 5.56 Å². The van der Waals surface area contributed by atoms with Crippen molar-refractivity contribution in [2.75, 3.05) is 13.7 Å². The van der Waals surface area contributed by atoms with E-state index in [9.17, 15) is 9.59 Å². The molecule has 0 atom stereocenters. The Morgan fingerprint density at radius 2 is 1.91 bits per heavy atom. The molecule has 4 aromatic rings. The van der Waals surface area contributed by atoms with Gasteiger partial charge in [-0.2, -0.15) is 0 Å². The van der Waals surface area contributed by atoms with Crippen molar-refractivity contribution in [3.63, 3.8) is 0 Å². The van der Waals surface area contributed by atoms with Gasteiger partial charge in [-0.15, -0.1) is 0 Å². The lowest BCUT2D eigenvalue weighted by molar-refractivity contribution is -0.121. The van der Waals surface area contributed by atoms with E-state index in [1.807, 2.05) is 48.5 Å². The Morgan fingerprint density at radius 1 is 1.09 bits per heavy atom. The summed E-state index contributed by atoms with van der Waals surface area (Å²) in [5.41, 5.74) is 3.05. The molecular formula is C24H26N4O3S. The second kappa shape index (κ2) is 9.82. The lowest BCUT2D eigenvalue weighted by Crippen LogP contribution is -2.26. The number of benzene rings is 2. The first-order chi connectivity index (χ1) is 15.6. The molecule has 1 amide bonds. The molecule has 0 aliphatic carbocycles. The minimum atomic E-state index is -0.161. The highest BCUT2D eigenvalue weighted by Gasteiger charge is 2.12. The van der Waals surface area contributed by atoms with Crippen molar-refractivity contribution in [3.8, 4) is 5.75 Å². The minimum Gasteiger partial charge on any atom is -0.497 e. The molecule has 7 nitrogen and oxygen atoms in total. The lowest BCUT2D eigenvalue weighted by Gasteiger charge is -2.08. The topological polar surface area (TPSA) is 91.9 Å². The van der Waals surface area contributed by atoms with E-state index >= 15 is 0 Å². The molecule has 32 heavy (non-hydrogen) atoms. The number of nitrogens with zero attached hydrogens (tertiary/aromatic N) is 1. The molecule has 0 aliphatic heterocycles. The largest absolute Gasteiger partial charge is 0.497 e. The van der Waals surface area contributed by atoms with Crippen molar-refractivity contribution in [3.05, 3.63) is 69.2 Å². The van der Waals surface area contributed by atoms with E-state index in [2.05, 4.69) is 15.3 Å². The molecule has 2 aromatic heterocycles. The van der Waals surface area contributed by atoms with Gasteiger partial charge in [0.1, 0.15) is 11.3 Å². The zero-order valence-corrected chi connectivity index (χ0v) is 18.8. The van der Waals surface area contributed by atoms with E-state index in [0.29, 0.717) is 53.9 Å². The standard InChI is InChI=1S/C24H26N4O3S/c1-31-17-10-11-19-18(15-17)21-22(26-19)23(30)28(24(32)27-21)14-6-5-9-20(29)25-13-12-16-7-3-2-4-8-16/h2-4,7-8,10-11,15,26H,5-6,9,12-14H2,1H3,(H,25,29)(H,27,32). The van der Waals surface area contributed by atoms with Crippen molar-refractivity contribution in [1.29, 1.82) is 0 Å². The predicted molar refractivity (Wildman–Crippen MR) is 129 cm³/mol. The van der Waals surface area contributed by atoms with Gasteiger partial charge in [0.15, 0.2) is 4.77 Å². The van der Waals surface area contributed by atoms with Crippen molar-refractivity contribution in [1.82, 2.24) is 19.9 Å². The van der Waals surface area contributed by atoms with Crippen LogP contribution in [0, 0.1) is 4.77 Å². The van der Waals surface area contributed by atoms with Gasteiger partial charge in [-0.05, 0) is 55.2 Å². The van der Waals surface area contributed by atoms with E-state index in [-0.39, 0.29) is 11.5 Å². The van der Waals surface area contributed by atoms with Crippen molar-refractivity contribution >= 4 is 40.1 Å². The first kappa shape index (κ1) is 21.8. The third kappa shape index (κ3) is 4.75. The Morgan fingerprint density at radius 3 is 2.69 bits per heavy atom. The molecular weight excluding hydrogens is 424 g/mol. The molecule has 0 saturated carbocycles. The van der Waals surface area contributed by atoms with Crippen molar-refractivity contribution in [2.45, 2.75) is 32.2 Å². The highest BCUT2D eigenvalue weighted by atomic mass is 32.1. The molecule has 0 aliphatic rings. The summed E-state index contributed by atoms with van der Waals surface area (Å²) < 4.78 is 7.21. The first-order valence-corrected chi connectivity index (χ1v) is 11.1. The number of ether oxygens (including phenoxy) is 1. The van der Waals surface area contributed by atoms with Crippen LogP contribution in [0.4, 0.5) is 0 Å². The van der Waals surface area contributed by atoms with E-state index in [1.54, 1.807) is 11.7 Å². The van der Waals surface area contributed by atoms with Crippen LogP contribution in [0.15, 0.2) is 53.3 Å². The average molecular weight is 451 g/mol. The van der Waals surface area contributed by atoms with Crippen LogP contribution in [0.1, 0.15) is 24.8 Å². The molecule has 0 unspecified atom stereocenters. The molecule has 166 valence electrons. The lowest BCUT2D eigenvalue weighted by atomic mass is 10.1. The molecule has 8 heteroatoms. The molecule has 0 radical (unpaired) electrons. The number of aromatic nitrogens is 3. The number of fused-ring (bicyclic) bond motifs is 3. The number of methoxy groups -OCH3 is 1. The maximum Gasteiger partial charge on any atom is 0.278 e. The predicted octanol–water partition coefficient (Wildman–Crippen LogP) is 4.08. The van der Waals surface area contributed by atoms with E-state index in [4.69, 9.17) is 17.0 Å². The third-order valence-corrected chi connectivity index (χ3v) is 5.88. The molecule has 3 N–H and O–H groups in total. The van der Waals surface area contributed by atoms with Crippen LogP contribution in [0.3, 0.4) is 0 Å². The summed E-state index contributed by atoms with van der Waals surface area (Å²) in [6.45, 7) is 1.08. The smallest absolute Gasteiger partial charge is 0.278 e. The Balaban J connectivity index is 1.35. The van der Waals surface area contributed by atoms with E-state index in [0.717, 1.165) is 17.3 Å². The number of carbonyl (C=O) groups is 1. The van der Waals surface area contributed by atoms with E-state index < -0.39 is 0 Å². The molecule has 0 saturated heterocycles. The number of nitrogens with one attached hydrogen (secondary N) is 3. The number of rotatable bonds is 9. The van der Waals surface area contributed by atoms with Crippen molar-refractivity contribution < 1.29 is 9.53 Å². The summed E-state index contributed by atoms with van der Waals surface area (Å²) >= 11 is 5.45. The summed E-state index contributed by atoms with van der Waals surface area (Å²) in [6.07, 6.45) is 2.60. The second-order valence-corrected chi connectivity index (χ2v) is 8.10. The maximum atomic E-state index is 13.0. The number of unbranched alkanes of at least 4 members (excludes halogenated alkanes) is 1. The normalized spacial score (nSPS) is 11.2. The number of aromatic amines is 2. The fraction of sp³-hybridized carbons (Fsp3) is 0.292. The zero-order valence-electron chi connectivity index (χ0n) is 17.9. The Labute approximate surface area is 190 Å². The zero-order chi connectivity index (χ0) is 22.5. The molecule has 4 rings (SSSR count). The van der Waals surface area contributed by atoms with Crippen LogP contribution >= 0.6 is 12.2 Å². The van der Waals surface area contributed by atoms with Crippen LogP contribution < -0.4 is 15.6 Å². The number of amides is 1. The molecule has 0 fully saturated rings. The third-order valence-electron chi connectivity index (χ3n) is 5.56. The highest BCUT2D eigenvalue weighted by Crippen LogP contribution is 2.25. The van der Waals surface area contributed by atoms with Gasteiger partial charge in [0.2, 0.25) is 5.91 Å². The summed E-state index contributed by atoms with van der Waals surface area (Å²) in [5, 5.41) is 3.81. The molecule has 0 spiro atoms. The fourth-order valence-corrected chi connectivity index (χ4v) is 4.10. The summed E-state index contributed by atoms with van der Waals surface area (Å²) in [4.78, 5) is 31.5. The quantitative estimate of drug-likeness (QED) is 0.265. The van der Waals surface area contributed by atoms with Gasteiger partial charge in [0.05, 0.1) is 12.6 Å². The molecule has 2 heterocycles. The number of carbonyl (C=O) groups excluding carboxylic acids is 1. The second-order valence-electron chi connectivity index (χ2n) is 7.72. The van der Waals surface area contributed by atoms with Crippen LogP contribution in [-0.4, -0.2) is 34.1 Å².